The number of rotatable bonds is 3. The summed E-state index contributed by atoms with van der Waals surface area (Å²) in [7, 11) is 1.82. The molecule has 0 radical (unpaired) electrons. The fourth-order valence-electron chi connectivity index (χ4n) is 3.49. The normalized spacial score (nSPS) is 18.3. The van der Waals surface area contributed by atoms with Gasteiger partial charge < -0.3 is 0 Å². The third kappa shape index (κ3) is 2.59. The van der Waals surface area contributed by atoms with Crippen LogP contribution in [-0.2, 0) is 13.6 Å². The largest absolute Gasteiger partial charge is 0.298 e. The van der Waals surface area contributed by atoms with Crippen molar-refractivity contribution in [1.82, 2.24) is 24.6 Å². The molecule has 24 heavy (non-hydrogen) atoms. The molecule has 0 aliphatic carbocycles. The fraction of sp³-hybridized carbons (Fsp3) is 0.333. The van der Waals surface area contributed by atoms with E-state index < -0.39 is 0 Å². The highest BCUT2D eigenvalue weighted by Gasteiger charge is 2.29. The Hall–Kier alpha value is -2.60. The van der Waals surface area contributed by atoms with E-state index in [1.165, 1.54) is 0 Å². The summed E-state index contributed by atoms with van der Waals surface area (Å²) in [6, 6.07) is 9.68. The zero-order valence-corrected chi connectivity index (χ0v) is 13.6. The summed E-state index contributed by atoms with van der Waals surface area (Å²) in [5, 5.41) is 8.45. The number of hydrogen-bond acceptors (Lipinski definition) is 5. The van der Waals surface area contributed by atoms with E-state index >= 15 is 0 Å². The minimum absolute atomic E-state index is 0.0213. The number of para-hydroxylation sites is 1. The van der Waals surface area contributed by atoms with Gasteiger partial charge >= 0.3 is 0 Å². The van der Waals surface area contributed by atoms with Crippen molar-refractivity contribution in [3.05, 3.63) is 64.5 Å². The number of aromatic nitrogens is 4. The molecule has 6 nitrogen and oxygen atoms in total. The molecule has 1 unspecified atom stereocenters. The van der Waals surface area contributed by atoms with Crippen molar-refractivity contribution in [1.29, 1.82) is 0 Å². The van der Waals surface area contributed by atoms with Crippen LogP contribution >= 0.6 is 0 Å². The van der Waals surface area contributed by atoms with Gasteiger partial charge in [0.1, 0.15) is 5.82 Å². The topological polar surface area (TPSA) is 63.9 Å². The summed E-state index contributed by atoms with van der Waals surface area (Å²) < 4.78 is 1.70. The summed E-state index contributed by atoms with van der Waals surface area (Å²) in [6.45, 7) is 1.79. The number of nitrogens with zero attached hydrogens (tertiary/aromatic N) is 5. The predicted molar refractivity (Wildman–Crippen MR) is 91.4 cm³/mol. The maximum absolute atomic E-state index is 12.7. The van der Waals surface area contributed by atoms with E-state index in [9.17, 15) is 4.79 Å². The van der Waals surface area contributed by atoms with Crippen molar-refractivity contribution in [3.63, 3.8) is 0 Å². The molecule has 3 heterocycles. The second-order valence-electron chi connectivity index (χ2n) is 6.23. The maximum atomic E-state index is 12.7. The van der Waals surface area contributed by atoms with Crippen molar-refractivity contribution in [2.45, 2.75) is 25.4 Å². The van der Waals surface area contributed by atoms with Gasteiger partial charge in [-0.15, -0.1) is 0 Å². The van der Waals surface area contributed by atoms with Gasteiger partial charge in [-0.25, -0.2) is 4.98 Å². The Bertz CT molecular complexity index is 922. The summed E-state index contributed by atoms with van der Waals surface area (Å²) in [5.74, 6) is 0.846. The zero-order chi connectivity index (χ0) is 16.5. The number of fused-ring (bicyclic) bond motifs is 1. The predicted octanol–water partition coefficient (Wildman–Crippen LogP) is 2.06. The lowest BCUT2D eigenvalue weighted by atomic mass is 10.1. The third-order valence-electron chi connectivity index (χ3n) is 4.71. The van der Waals surface area contributed by atoms with Gasteiger partial charge in [0.15, 0.2) is 0 Å². The van der Waals surface area contributed by atoms with Crippen LogP contribution in [-0.4, -0.2) is 31.2 Å². The molecule has 1 fully saturated rings. The number of hydrogen-bond donors (Lipinski definition) is 0. The van der Waals surface area contributed by atoms with Gasteiger partial charge in [-0.1, -0.05) is 12.1 Å². The molecule has 1 aromatic carbocycles. The Balaban J connectivity index is 1.73. The Kier molecular flexibility index (Phi) is 3.82. The summed E-state index contributed by atoms with van der Waals surface area (Å²) in [4.78, 5) is 19.8. The first-order valence-corrected chi connectivity index (χ1v) is 8.19. The van der Waals surface area contributed by atoms with Crippen LogP contribution in [0.5, 0.6) is 0 Å². The first kappa shape index (κ1) is 15.0. The van der Waals surface area contributed by atoms with Crippen molar-refractivity contribution in [2.24, 2.45) is 7.05 Å². The van der Waals surface area contributed by atoms with Crippen molar-refractivity contribution in [3.8, 4) is 0 Å². The quantitative estimate of drug-likeness (QED) is 0.739. The van der Waals surface area contributed by atoms with Crippen molar-refractivity contribution in [2.75, 3.05) is 6.54 Å². The van der Waals surface area contributed by atoms with Crippen LogP contribution in [0.25, 0.3) is 10.9 Å². The molecule has 0 bridgehead atoms. The van der Waals surface area contributed by atoms with Crippen LogP contribution in [0.15, 0.2) is 47.5 Å². The molecule has 122 valence electrons. The van der Waals surface area contributed by atoms with Crippen LogP contribution in [0.3, 0.4) is 0 Å². The van der Waals surface area contributed by atoms with Gasteiger partial charge in [0, 0.05) is 19.8 Å². The smallest absolute Gasteiger partial charge is 0.261 e. The van der Waals surface area contributed by atoms with E-state index in [4.69, 9.17) is 4.98 Å². The number of benzene rings is 1. The highest BCUT2D eigenvalue weighted by Crippen LogP contribution is 2.31. The summed E-state index contributed by atoms with van der Waals surface area (Å²) >= 11 is 0. The van der Waals surface area contributed by atoms with Crippen molar-refractivity contribution < 1.29 is 0 Å². The molecule has 6 heteroatoms. The molecule has 0 N–H and O–H groups in total. The Morgan fingerprint density at radius 2 is 2.08 bits per heavy atom. The van der Waals surface area contributed by atoms with Gasteiger partial charge in [0.2, 0.25) is 0 Å². The van der Waals surface area contributed by atoms with E-state index in [0.29, 0.717) is 5.39 Å². The monoisotopic (exact) mass is 321 g/mol. The average Bonchev–Trinajstić information content (AvgIpc) is 3.07. The molecule has 1 aliphatic heterocycles. The lowest BCUT2D eigenvalue weighted by Crippen LogP contribution is -2.30. The summed E-state index contributed by atoms with van der Waals surface area (Å²) in [5.41, 5.74) is 1.92. The van der Waals surface area contributed by atoms with E-state index in [1.54, 1.807) is 17.0 Å². The van der Waals surface area contributed by atoms with Crippen molar-refractivity contribution >= 4 is 10.9 Å². The first-order chi connectivity index (χ1) is 11.7. The minimum atomic E-state index is 0.0213. The van der Waals surface area contributed by atoms with E-state index in [2.05, 4.69) is 15.1 Å². The Labute approximate surface area is 139 Å². The van der Waals surface area contributed by atoms with Gasteiger partial charge in [0.05, 0.1) is 23.1 Å². The van der Waals surface area contributed by atoms with E-state index in [-0.39, 0.29) is 11.6 Å². The fourth-order valence-corrected chi connectivity index (χ4v) is 3.49. The Morgan fingerprint density at radius 1 is 1.21 bits per heavy atom. The Morgan fingerprint density at radius 3 is 2.92 bits per heavy atom. The molecule has 3 aromatic rings. The lowest BCUT2D eigenvalue weighted by molar-refractivity contribution is 0.234. The first-order valence-electron chi connectivity index (χ1n) is 8.19. The molecule has 2 aromatic heterocycles. The minimum Gasteiger partial charge on any atom is -0.298 e. The van der Waals surface area contributed by atoms with E-state index in [1.807, 2.05) is 37.4 Å². The molecular weight excluding hydrogens is 302 g/mol. The highest BCUT2D eigenvalue weighted by molar-refractivity contribution is 5.77. The van der Waals surface area contributed by atoms with Gasteiger partial charge in [-0.05, 0) is 43.1 Å². The van der Waals surface area contributed by atoms with Crippen LogP contribution in [0.4, 0.5) is 0 Å². The lowest BCUT2D eigenvalue weighted by Gasteiger charge is -2.25. The van der Waals surface area contributed by atoms with Crippen LogP contribution in [0.2, 0.25) is 0 Å². The number of likely N-dealkylation sites (tertiary alicyclic amines) is 1. The average molecular weight is 321 g/mol. The molecule has 1 atom stereocenters. The molecule has 0 spiro atoms. The summed E-state index contributed by atoms with van der Waals surface area (Å²) in [6.07, 6.45) is 5.62. The third-order valence-corrected chi connectivity index (χ3v) is 4.71. The molecule has 1 saturated heterocycles. The SMILES string of the molecule is Cn1c(C2CCCN2Cc2ccnnc2)nc2ccccc2c1=O. The van der Waals surface area contributed by atoms with Crippen LogP contribution in [0.1, 0.15) is 30.3 Å². The van der Waals surface area contributed by atoms with Crippen LogP contribution < -0.4 is 5.56 Å². The molecule has 0 saturated carbocycles. The molecule has 1 aliphatic rings. The van der Waals surface area contributed by atoms with Gasteiger partial charge in [-0.2, -0.15) is 10.2 Å². The van der Waals surface area contributed by atoms with Gasteiger partial charge in [0.25, 0.3) is 5.56 Å². The maximum Gasteiger partial charge on any atom is 0.261 e. The highest BCUT2D eigenvalue weighted by atomic mass is 16.1. The molecule has 0 amide bonds. The standard InChI is InChI=1S/C18H19N5O/c1-22-17(21-15-6-3-2-5-14(15)18(22)24)16-7-4-10-23(16)12-13-8-9-19-20-11-13/h2-3,5-6,8-9,11,16H,4,7,10,12H2,1H3. The van der Waals surface area contributed by atoms with E-state index in [0.717, 1.165) is 42.8 Å². The van der Waals surface area contributed by atoms with Crippen LogP contribution in [0, 0.1) is 0 Å². The zero-order valence-electron chi connectivity index (χ0n) is 13.6. The second kappa shape index (κ2) is 6.13. The molecule has 4 rings (SSSR count). The second-order valence-corrected chi connectivity index (χ2v) is 6.23. The van der Waals surface area contributed by atoms with Gasteiger partial charge in [-0.3, -0.25) is 14.3 Å². The molecular formula is C18H19N5O.